The van der Waals surface area contributed by atoms with Crippen molar-refractivity contribution in [3.05, 3.63) is 29.0 Å². The van der Waals surface area contributed by atoms with Gasteiger partial charge < -0.3 is 0 Å². The zero-order valence-corrected chi connectivity index (χ0v) is 5.32. The Balaban J connectivity index is 2.94. The molecule has 1 heterocycles. The lowest BCUT2D eigenvalue weighted by Gasteiger charge is -1.90. The molecule has 0 amide bonds. The largest absolute Gasteiger partial charge is 0.244 e. The van der Waals surface area contributed by atoms with Gasteiger partial charge >= 0.3 is 0 Å². The molecule has 0 spiro atoms. The topological polar surface area (TPSA) is 12.9 Å². The van der Waals surface area contributed by atoms with E-state index in [9.17, 15) is 4.39 Å². The second kappa shape index (κ2) is 2.78. The van der Waals surface area contributed by atoms with Crippen LogP contribution in [0.1, 0.15) is 5.69 Å². The molecule has 47 valence electrons. The smallest absolute Gasteiger partial charge is 0.132 e. The van der Waals surface area contributed by atoms with Crippen molar-refractivity contribution < 1.29 is 4.39 Å². The van der Waals surface area contributed by atoms with Crippen LogP contribution in [0.2, 0.25) is 5.15 Å². The Morgan fingerprint density at radius 3 is 3.00 bits per heavy atom. The number of halogens is 2. The highest BCUT2D eigenvalue weighted by Crippen LogP contribution is 2.04. The van der Waals surface area contributed by atoms with Crippen LogP contribution in [-0.2, 0) is 6.67 Å². The van der Waals surface area contributed by atoms with Gasteiger partial charge in [0, 0.05) is 6.07 Å². The molecule has 0 bridgehead atoms. The lowest BCUT2D eigenvalue weighted by Crippen LogP contribution is -1.83. The fourth-order valence-electron chi connectivity index (χ4n) is 0.474. The molecule has 9 heavy (non-hydrogen) atoms. The van der Waals surface area contributed by atoms with Crippen molar-refractivity contribution in [2.24, 2.45) is 0 Å². The van der Waals surface area contributed by atoms with Gasteiger partial charge in [-0.05, 0) is 12.1 Å². The van der Waals surface area contributed by atoms with Gasteiger partial charge in [0.25, 0.3) is 0 Å². The fourth-order valence-corrected chi connectivity index (χ4v) is 0.639. The zero-order chi connectivity index (χ0) is 6.69. The van der Waals surface area contributed by atoms with Crippen molar-refractivity contribution in [2.45, 2.75) is 6.67 Å². The van der Waals surface area contributed by atoms with Crippen molar-refractivity contribution >= 4 is 11.6 Å². The summed E-state index contributed by atoms with van der Waals surface area (Å²) in [6.45, 7) is -0.611. The first kappa shape index (κ1) is 6.49. The number of nitrogens with zero attached hydrogens (tertiary/aromatic N) is 1. The summed E-state index contributed by atoms with van der Waals surface area (Å²) in [6.07, 6.45) is 0. The van der Waals surface area contributed by atoms with Crippen LogP contribution in [-0.4, -0.2) is 4.98 Å². The Kier molecular flexibility index (Phi) is 2.01. The van der Waals surface area contributed by atoms with Gasteiger partial charge in [0.1, 0.15) is 11.8 Å². The number of hydrogen-bond donors (Lipinski definition) is 0. The average molecular weight is 145 g/mol. The minimum atomic E-state index is -0.611. The van der Waals surface area contributed by atoms with Crippen molar-refractivity contribution in [1.82, 2.24) is 4.98 Å². The van der Waals surface area contributed by atoms with E-state index in [1.54, 1.807) is 12.1 Å². The molecule has 1 aromatic heterocycles. The van der Waals surface area contributed by atoms with Crippen molar-refractivity contribution in [3.8, 4) is 0 Å². The highest BCUT2D eigenvalue weighted by Gasteiger charge is 1.92. The molecule has 0 saturated carbocycles. The van der Waals surface area contributed by atoms with Crippen LogP contribution >= 0.6 is 11.6 Å². The summed E-state index contributed by atoms with van der Waals surface area (Å²) in [5.41, 5.74) is 0.252. The normalized spacial score (nSPS) is 9.56. The Morgan fingerprint density at radius 1 is 1.78 bits per heavy atom. The first-order chi connectivity index (χ1) is 4.33. The Morgan fingerprint density at radius 2 is 2.56 bits per heavy atom. The standard InChI is InChI=1S/C6H4ClFN/c7-6-3-1-2-5(4-8)9-6/h1,3H,4H2. The van der Waals surface area contributed by atoms with E-state index in [0.29, 0.717) is 5.15 Å². The molecule has 0 aliphatic rings. The second-order valence-electron chi connectivity index (χ2n) is 1.49. The molecule has 0 atom stereocenters. The second-order valence-corrected chi connectivity index (χ2v) is 1.88. The predicted octanol–water partition coefficient (Wildman–Crippen LogP) is 2.00. The number of pyridine rings is 1. The summed E-state index contributed by atoms with van der Waals surface area (Å²) >= 11 is 5.43. The van der Waals surface area contributed by atoms with E-state index in [2.05, 4.69) is 11.1 Å². The number of alkyl halides is 1. The van der Waals surface area contributed by atoms with Gasteiger partial charge in [-0.25, -0.2) is 9.37 Å². The van der Waals surface area contributed by atoms with Gasteiger partial charge in [0.15, 0.2) is 0 Å². The van der Waals surface area contributed by atoms with E-state index >= 15 is 0 Å². The van der Waals surface area contributed by atoms with Gasteiger partial charge in [-0.1, -0.05) is 11.6 Å². The summed E-state index contributed by atoms with van der Waals surface area (Å²) < 4.78 is 11.8. The quantitative estimate of drug-likeness (QED) is 0.550. The van der Waals surface area contributed by atoms with Crippen molar-refractivity contribution in [1.29, 1.82) is 0 Å². The highest BCUT2D eigenvalue weighted by atomic mass is 35.5. The highest BCUT2D eigenvalue weighted by molar-refractivity contribution is 6.29. The first-order valence-corrected chi connectivity index (χ1v) is 2.80. The third-order valence-corrected chi connectivity index (χ3v) is 1.05. The monoisotopic (exact) mass is 144 g/mol. The average Bonchev–Trinajstić information content (AvgIpc) is 1.88. The minimum Gasteiger partial charge on any atom is -0.244 e. The molecule has 0 aromatic carbocycles. The lowest BCUT2D eigenvalue weighted by atomic mass is 10.4. The summed E-state index contributed by atoms with van der Waals surface area (Å²) in [4.78, 5) is 3.63. The van der Waals surface area contributed by atoms with Crippen LogP contribution in [0.5, 0.6) is 0 Å². The molecular formula is C6H4ClFN. The van der Waals surface area contributed by atoms with E-state index in [1.807, 2.05) is 0 Å². The number of aromatic nitrogens is 1. The van der Waals surface area contributed by atoms with Gasteiger partial charge in [0.2, 0.25) is 0 Å². The summed E-state index contributed by atoms with van der Waals surface area (Å²) in [5, 5.41) is 0.307. The van der Waals surface area contributed by atoms with Crippen LogP contribution in [0, 0.1) is 6.07 Å². The third-order valence-electron chi connectivity index (χ3n) is 0.839. The van der Waals surface area contributed by atoms with Gasteiger partial charge in [0.05, 0.1) is 5.69 Å². The maximum atomic E-state index is 11.8. The van der Waals surface area contributed by atoms with Crippen LogP contribution in [0.25, 0.3) is 0 Å². The molecule has 0 unspecified atom stereocenters. The van der Waals surface area contributed by atoms with Crippen molar-refractivity contribution in [3.63, 3.8) is 0 Å². The van der Waals surface area contributed by atoms with E-state index in [-0.39, 0.29) is 5.69 Å². The molecule has 0 fully saturated rings. The molecular weight excluding hydrogens is 141 g/mol. The Bertz CT molecular complexity index is 202. The van der Waals surface area contributed by atoms with Gasteiger partial charge in [-0.15, -0.1) is 0 Å². The van der Waals surface area contributed by atoms with Gasteiger partial charge in [-0.2, -0.15) is 0 Å². The Hall–Kier alpha value is -0.630. The zero-order valence-electron chi connectivity index (χ0n) is 4.56. The van der Waals surface area contributed by atoms with Gasteiger partial charge in [-0.3, -0.25) is 0 Å². The SMILES string of the molecule is FCc1[c]ccc(Cl)n1. The first-order valence-electron chi connectivity index (χ1n) is 2.42. The molecule has 1 radical (unpaired) electrons. The molecule has 1 nitrogen and oxygen atoms in total. The molecule has 0 aliphatic heterocycles. The van der Waals surface area contributed by atoms with Crippen LogP contribution in [0.15, 0.2) is 12.1 Å². The maximum Gasteiger partial charge on any atom is 0.132 e. The van der Waals surface area contributed by atoms with E-state index in [0.717, 1.165) is 0 Å². The molecule has 0 N–H and O–H groups in total. The van der Waals surface area contributed by atoms with E-state index in [4.69, 9.17) is 11.6 Å². The summed E-state index contributed by atoms with van der Waals surface area (Å²) in [6, 6.07) is 5.69. The third kappa shape index (κ3) is 1.64. The minimum absolute atomic E-state index is 0.252. The summed E-state index contributed by atoms with van der Waals surface area (Å²) in [7, 11) is 0. The van der Waals surface area contributed by atoms with Crippen LogP contribution < -0.4 is 0 Å². The maximum absolute atomic E-state index is 11.8. The van der Waals surface area contributed by atoms with Crippen LogP contribution in [0.4, 0.5) is 4.39 Å². The predicted molar refractivity (Wildman–Crippen MR) is 32.9 cm³/mol. The fraction of sp³-hybridized carbons (Fsp3) is 0.167. The van der Waals surface area contributed by atoms with Crippen LogP contribution in [0.3, 0.4) is 0 Å². The summed E-state index contributed by atoms with van der Waals surface area (Å²) in [5.74, 6) is 0. The number of hydrogen-bond acceptors (Lipinski definition) is 1. The molecule has 0 aliphatic carbocycles. The van der Waals surface area contributed by atoms with E-state index in [1.165, 1.54) is 0 Å². The molecule has 0 saturated heterocycles. The van der Waals surface area contributed by atoms with E-state index < -0.39 is 6.67 Å². The molecule has 1 rings (SSSR count). The van der Waals surface area contributed by atoms with Crippen molar-refractivity contribution in [2.75, 3.05) is 0 Å². The Labute approximate surface area is 57.5 Å². The molecule has 1 aromatic rings. The lowest BCUT2D eigenvalue weighted by molar-refractivity contribution is 0.475. The molecule has 3 heteroatoms. The number of rotatable bonds is 1.